The maximum Gasteiger partial charge on any atom is 0.278 e. The summed E-state index contributed by atoms with van der Waals surface area (Å²) in [5.41, 5.74) is 2.06. The van der Waals surface area contributed by atoms with Gasteiger partial charge in [-0.3, -0.25) is 9.59 Å². The topological polar surface area (TPSA) is 133 Å². The molecule has 2 heterocycles. The third-order valence-corrected chi connectivity index (χ3v) is 6.64. The predicted molar refractivity (Wildman–Crippen MR) is 161 cm³/mol. The summed E-state index contributed by atoms with van der Waals surface area (Å²) in [5, 5.41) is 27.1. The number of hydrogen-bond donors (Lipinski definition) is 5. The first-order valence-electron chi connectivity index (χ1n) is 12.8. The molecule has 0 saturated carbocycles. The van der Waals surface area contributed by atoms with Crippen molar-refractivity contribution in [1.29, 1.82) is 0 Å². The summed E-state index contributed by atoms with van der Waals surface area (Å²) in [6.45, 7) is 6.45. The Bertz CT molecular complexity index is 1620. The van der Waals surface area contributed by atoms with Crippen LogP contribution in [0, 0.1) is 19.7 Å². The van der Waals surface area contributed by atoms with Gasteiger partial charge in [-0.25, -0.2) is 13.8 Å². The molecule has 0 aliphatic rings. The Morgan fingerprint density at radius 2 is 1.82 bits per heavy atom. The Kier molecular flexibility index (Phi) is 10.5. The van der Waals surface area contributed by atoms with Crippen molar-refractivity contribution in [2.45, 2.75) is 40.3 Å². The lowest BCUT2D eigenvalue weighted by atomic mass is 10.0. The molecule has 4 aromatic rings. The number of aliphatic hydroxyl groups is 2. The van der Waals surface area contributed by atoms with E-state index >= 15 is 0 Å². The number of anilines is 3. The third-order valence-electron chi connectivity index (χ3n) is 6.10. The van der Waals surface area contributed by atoms with E-state index < -0.39 is 24.1 Å². The van der Waals surface area contributed by atoms with Gasteiger partial charge in [0, 0.05) is 36.0 Å². The van der Waals surface area contributed by atoms with Gasteiger partial charge in [-0.2, -0.15) is 5.10 Å². The van der Waals surface area contributed by atoms with Crippen molar-refractivity contribution >= 4 is 40.1 Å². The minimum atomic E-state index is -1.25. The number of aryl methyl sites for hydroxylation is 2. The number of aromatic nitrogens is 3. The van der Waals surface area contributed by atoms with Crippen LogP contribution in [0.3, 0.4) is 0 Å². The molecule has 12 heteroatoms. The van der Waals surface area contributed by atoms with E-state index in [4.69, 9.17) is 0 Å². The first-order valence-corrected chi connectivity index (χ1v) is 13.6. The van der Waals surface area contributed by atoms with E-state index in [9.17, 15) is 24.2 Å². The fourth-order valence-corrected chi connectivity index (χ4v) is 4.54. The van der Waals surface area contributed by atoms with Crippen LogP contribution in [0.5, 0.6) is 0 Å². The van der Waals surface area contributed by atoms with E-state index in [0.29, 0.717) is 11.3 Å². The van der Waals surface area contributed by atoms with Crippen molar-refractivity contribution in [2.24, 2.45) is 7.05 Å². The maximum atomic E-state index is 14.8. The van der Waals surface area contributed by atoms with Crippen LogP contribution in [0.1, 0.15) is 25.0 Å². The summed E-state index contributed by atoms with van der Waals surface area (Å²) >= 11 is 1.26. The molecule has 4 rings (SSSR count). The number of aliphatic hydroxyl groups excluding tert-OH is 2. The molecule has 2 aromatic heterocycles. The normalized spacial score (nSPS) is 11.6. The third kappa shape index (κ3) is 6.36. The first kappa shape index (κ1) is 30.8. The lowest BCUT2D eigenvalue weighted by Crippen LogP contribution is -2.33. The molecule has 10 nitrogen and oxygen atoms in total. The SMILES string of the molecule is CC.CNSNc1cccc(-c2nn(CC(O)CO)c(=O)c3c(Nc4ccc(C)cc4F)c(C)c(=O)n(C)c23)c1. The second-order valence-electron chi connectivity index (χ2n) is 8.86. The highest BCUT2D eigenvalue weighted by Gasteiger charge is 2.23. The number of benzene rings is 2. The molecule has 1 atom stereocenters. The lowest BCUT2D eigenvalue weighted by Gasteiger charge is -2.20. The average molecular weight is 571 g/mol. The number of halogens is 1. The minimum Gasteiger partial charge on any atom is -0.394 e. The Balaban J connectivity index is 0.00000216. The molecule has 1 unspecified atom stereocenters. The summed E-state index contributed by atoms with van der Waals surface area (Å²) in [7, 11) is 3.31. The second kappa shape index (κ2) is 13.6. The van der Waals surface area contributed by atoms with Crippen LogP contribution < -0.4 is 25.9 Å². The zero-order valence-corrected chi connectivity index (χ0v) is 24.2. The minimum absolute atomic E-state index is 0.0997. The predicted octanol–water partition coefficient (Wildman–Crippen LogP) is 3.84. The van der Waals surface area contributed by atoms with E-state index in [-0.39, 0.29) is 39.9 Å². The Hall–Kier alpha value is -3.71. The molecule has 0 fully saturated rings. The van der Waals surface area contributed by atoms with Gasteiger partial charge in [-0.05, 0) is 50.7 Å². The molecule has 0 bridgehead atoms. The molecule has 0 radical (unpaired) electrons. The standard InChI is InChI=1S/C26H29FN6O4S.C2H6/c1-14-8-9-20(19(27)10-14)29-22-15(2)25(36)32(4)24-21(22)26(37)33(12-18(35)13-34)30-23(24)16-6-5-7-17(11-16)31-38-28-3;1-2/h5-11,18,28-29,31,34-35H,12-13H2,1-4H3;1-2H3. The zero-order valence-electron chi connectivity index (χ0n) is 23.4. The van der Waals surface area contributed by atoms with E-state index in [1.54, 1.807) is 52.2 Å². The average Bonchev–Trinajstić information content (AvgIpc) is 2.96. The summed E-state index contributed by atoms with van der Waals surface area (Å²) in [6, 6.07) is 11.8. The van der Waals surface area contributed by atoms with Crippen molar-refractivity contribution in [1.82, 2.24) is 19.1 Å². The van der Waals surface area contributed by atoms with Gasteiger partial charge in [0.05, 0.1) is 41.5 Å². The Labute approximate surface area is 236 Å². The highest BCUT2D eigenvalue weighted by atomic mass is 32.2. The van der Waals surface area contributed by atoms with Crippen LogP contribution in [-0.2, 0) is 13.6 Å². The smallest absolute Gasteiger partial charge is 0.278 e. The molecule has 0 aliphatic heterocycles. The Morgan fingerprint density at radius 3 is 2.48 bits per heavy atom. The van der Waals surface area contributed by atoms with Gasteiger partial charge < -0.3 is 24.8 Å². The largest absolute Gasteiger partial charge is 0.394 e. The molecular weight excluding hydrogens is 535 g/mol. The summed E-state index contributed by atoms with van der Waals surface area (Å²) in [6.07, 6.45) is -1.25. The summed E-state index contributed by atoms with van der Waals surface area (Å²) in [5.74, 6) is -0.538. The van der Waals surface area contributed by atoms with Crippen molar-refractivity contribution in [3.05, 3.63) is 80.1 Å². The van der Waals surface area contributed by atoms with E-state index in [1.165, 1.54) is 28.8 Å². The maximum absolute atomic E-state index is 14.8. The number of fused-ring (bicyclic) bond motifs is 1. The summed E-state index contributed by atoms with van der Waals surface area (Å²) in [4.78, 5) is 27.1. The quantitative estimate of drug-likeness (QED) is 0.190. The number of pyridine rings is 1. The number of rotatable bonds is 9. The van der Waals surface area contributed by atoms with Crippen molar-refractivity contribution in [3.63, 3.8) is 0 Å². The summed E-state index contributed by atoms with van der Waals surface area (Å²) < 4.78 is 23.3. The van der Waals surface area contributed by atoms with Gasteiger partial charge in [0.15, 0.2) is 0 Å². The van der Waals surface area contributed by atoms with Crippen LogP contribution in [0.2, 0.25) is 0 Å². The fourth-order valence-electron chi connectivity index (χ4n) is 4.19. The zero-order chi connectivity index (χ0) is 29.6. The molecule has 5 N–H and O–H groups in total. The van der Waals surface area contributed by atoms with Gasteiger partial charge in [0.2, 0.25) is 0 Å². The highest BCUT2D eigenvalue weighted by Crippen LogP contribution is 2.32. The van der Waals surface area contributed by atoms with Gasteiger partial charge >= 0.3 is 0 Å². The Morgan fingerprint density at radius 1 is 1.10 bits per heavy atom. The van der Waals surface area contributed by atoms with Gasteiger partial charge in [0.1, 0.15) is 11.5 Å². The molecule has 0 saturated heterocycles. The lowest BCUT2D eigenvalue weighted by molar-refractivity contribution is 0.0772. The van der Waals surface area contributed by atoms with Crippen molar-refractivity contribution < 1.29 is 14.6 Å². The monoisotopic (exact) mass is 570 g/mol. The van der Waals surface area contributed by atoms with Gasteiger partial charge in [0.25, 0.3) is 11.1 Å². The van der Waals surface area contributed by atoms with Gasteiger partial charge in [-0.1, -0.05) is 32.0 Å². The van der Waals surface area contributed by atoms with Crippen molar-refractivity contribution in [2.75, 3.05) is 23.7 Å². The second-order valence-corrected chi connectivity index (χ2v) is 9.67. The molecule has 0 amide bonds. The first-order chi connectivity index (χ1) is 19.2. The van der Waals surface area contributed by atoms with E-state index in [2.05, 4.69) is 19.9 Å². The van der Waals surface area contributed by atoms with Crippen LogP contribution in [0.15, 0.2) is 52.1 Å². The van der Waals surface area contributed by atoms with E-state index in [1.807, 2.05) is 19.9 Å². The molecule has 214 valence electrons. The van der Waals surface area contributed by atoms with Gasteiger partial charge in [-0.15, -0.1) is 0 Å². The van der Waals surface area contributed by atoms with Crippen molar-refractivity contribution in [3.8, 4) is 11.3 Å². The van der Waals surface area contributed by atoms with Crippen LogP contribution in [0.25, 0.3) is 22.2 Å². The molecule has 2 aromatic carbocycles. The van der Waals surface area contributed by atoms with E-state index in [0.717, 1.165) is 15.9 Å². The van der Waals surface area contributed by atoms with Crippen LogP contribution in [0.4, 0.5) is 21.5 Å². The number of hydrogen-bond acceptors (Lipinski definition) is 9. The van der Waals surface area contributed by atoms with Crippen LogP contribution in [-0.4, -0.2) is 44.3 Å². The molecule has 40 heavy (non-hydrogen) atoms. The number of nitrogens with zero attached hydrogens (tertiary/aromatic N) is 3. The molecule has 0 aliphatic carbocycles. The number of nitrogens with one attached hydrogen (secondary N) is 3. The van der Waals surface area contributed by atoms with Crippen LogP contribution >= 0.6 is 12.1 Å². The fraction of sp³-hybridized carbons (Fsp3) is 0.321. The molecule has 0 spiro atoms. The highest BCUT2D eigenvalue weighted by molar-refractivity contribution is 7.98. The molecular formula is C28H35FN6O4S.